The molecule has 0 amide bonds. The van der Waals surface area contributed by atoms with Crippen molar-refractivity contribution < 1.29 is 13.6 Å². The number of Topliss-reactive ketones (excluding diaryl/α,β-unsaturated/α-hetero) is 1. The molecule has 0 unspecified atom stereocenters. The number of ketones is 1. The van der Waals surface area contributed by atoms with Crippen molar-refractivity contribution in [1.82, 2.24) is 4.90 Å². The Morgan fingerprint density at radius 1 is 0.905 bits per heavy atom. The molecule has 1 aliphatic heterocycles. The van der Waals surface area contributed by atoms with Crippen LogP contribution in [-0.2, 0) is 0 Å². The summed E-state index contributed by atoms with van der Waals surface area (Å²) in [6.07, 6.45) is 7.06. The molecule has 0 atom stereocenters. The fourth-order valence-corrected chi connectivity index (χ4v) is 3.92. The lowest BCUT2D eigenvalue weighted by Gasteiger charge is -2.42. The minimum absolute atomic E-state index is 0.0969. The van der Waals surface area contributed by atoms with Crippen molar-refractivity contribution in [3.63, 3.8) is 0 Å². The molecule has 0 radical (unpaired) electrons. The highest BCUT2D eigenvalue weighted by atomic mass is 19.1. The number of benzene rings is 1. The van der Waals surface area contributed by atoms with Crippen molar-refractivity contribution in [2.75, 3.05) is 13.1 Å². The molecule has 1 aliphatic carbocycles. The van der Waals surface area contributed by atoms with Gasteiger partial charge < -0.3 is 0 Å². The molecule has 2 fully saturated rings. The maximum Gasteiger partial charge on any atom is 0.183 e. The summed E-state index contributed by atoms with van der Waals surface area (Å²) in [4.78, 5) is 15.3. The Morgan fingerprint density at radius 2 is 1.48 bits per heavy atom. The minimum atomic E-state index is -0.676. The number of hydrogen-bond acceptors (Lipinski definition) is 2. The van der Waals surface area contributed by atoms with Crippen molar-refractivity contribution in [2.45, 2.75) is 50.5 Å². The topological polar surface area (TPSA) is 20.3 Å². The van der Waals surface area contributed by atoms with Gasteiger partial charge in [-0.2, -0.15) is 0 Å². The van der Waals surface area contributed by atoms with Crippen molar-refractivity contribution in [3.05, 3.63) is 35.4 Å². The molecule has 3 rings (SSSR count). The van der Waals surface area contributed by atoms with E-state index in [4.69, 9.17) is 0 Å². The van der Waals surface area contributed by atoms with Crippen molar-refractivity contribution in [2.24, 2.45) is 0 Å². The van der Waals surface area contributed by atoms with E-state index >= 15 is 0 Å². The first kappa shape index (κ1) is 14.6. The molecular formula is C17H21F2NO. The van der Waals surface area contributed by atoms with E-state index in [0.29, 0.717) is 0 Å². The van der Waals surface area contributed by atoms with Crippen molar-refractivity contribution in [3.8, 4) is 0 Å². The number of piperidine rings is 1. The Labute approximate surface area is 124 Å². The second-order valence-corrected chi connectivity index (χ2v) is 6.27. The van der Waals surface area contributed by atoms with E-state index in [1.54, 1.807) is 0 Å². The number of carbonyl (C=O) groups excluding carboxylic acids is 1. The van der Waals surface area contributed by atoms with E-state index in [9.17, 15) is 13.6 Å². The highest BCUT2D eigenvalue weighted by molar-refractivity contribution is 6.03. The third kappa shape index (κ3) is 2.73. The number of halogens is 2. The molecule has 1 aromatic carbocycles. The first-order valence-corrected chi connectivity index (χ1v) is 7.88. The molecule has 0 aromatic heterocycles. The maximum absolute atomic E-state index is 13.4. The van der Waals surface area contributed by atoms with Gasteiger partial charge in [0.15, 0.2) is 5.78 Å². The van der Waals surface area contributed by atoms with E-state index in [-0.39, 0.29) is 11.3 Å². The van der Waals surface area contributed by atoms with Crippen LogP contribution in [0.1, 0.15) is 55.3 Å². The highest BCUT2D eigenvalue weighted by Gasteiger charge is 2.46. The Kier molecular flexibility index (Phi) is 4.07. The number of carbonyl (C=O) groups is 1. The quantitative estimate of drug-likeness (QED) is 0.787. The summed E-state index contributed by atoms with van der Waals surface area (Å²) in [5.41, 5.74) is -0.347. The summed E-state index contributed by atoms with van der Waals surface area (Å²) in [5.74, 6) is -1.45. The van der Waals surface area contributed by atoms with E-state index in [1.165, 1.54) is 18.6 Å². The molecule has 114 valence electrons. The zero-order valence-corrected chi connectivity index (χ0v) is 12.2. The first-order chi connectivity index (χ1) is 10.1. The van der Waals surface area contributed by atoms with E-state index < -0.39 is 17.2 Å². The number of rotatable bonds is 3. The Bertz CT molecular complexity index is 511. The summed E-state index contributed by atoms with van der Waals surface area (Å²) < 4.78 is 26.9. The lowest BCUT2D eigenvalue weighted by atomic mass is 9.84. The molecule has 4 heteroatoms. The summed E-state index contributed by atoms with van der Waals surface area (Å²) in [5, 5.41) is 0. The molecule has 1 aromatic rings. The SMILES string of the molecule is O=C(c1cc(F)cc(F)c1)C1(N2CCCCC2)CCCC1. The van der Waals surface area contributed by atoms with Gasteiger partial charge in [0.05, 0.1) is 5.54 Å². The molecule has 1 saturated carbocycles. The second kappa shape index (κ2) is 5.84. The number of likely N-dealkylation sites (tertiary alicyclic amines) is 1. The van der Waals surface area contributed by atoms with Gasteiger partial charge in [0.2, 0.25) is 0 Å². The second-order valence-electron chi connectivity index (χ2n) is 6.27. The van der Waals surface area contributed by atoms with Crippen LogP contribution in [0.25, 0.3) is 0 Å². The molecule has 1 saturated heterocycles. The Balaban J connectivity index is 1.94. The summed E-state index contributed by atoms with van der Waals surface area (Å²) in [7, 11) is 0. The van der Waals surface area contributed by atoms with Gasteiger partial charge >= 0.3 is 0 Å². The summed E-state index contributed by atoms with van der Waals surface area (Å²) in [6.45, 7) is 1.84. The van der Waals surface area contributed by atoms with Gasteiger partial charge in [-0.3, -0.25) is 9.69 Å². The largest absolute Gasteiger partial charge is 0.292 e. The zero-order chi connectivity index (χ0) is 14.9. The molecule has 0 bridgehead atoms. The smallest absolute Gasteiger partial charge is 0.183 e. The fraction of sp³-hybridized carbons (Fsp3) is 0.588. The van der Waals surface area contributed by atoms with Crippen molar-refractivity contribution in [1.29, 1.82) is 0 Å². The monoisotopic (exact) mass is 293 g/mol. The number of hydrogen-bond donors (Lipinski definition) is 0. The summed E-state index contributed by atoms with van der Waals surface area (Å²) >= 11 is 0. The van der Waals surface area contributed by atoms with Crippen LogP contribution < -0.4 is 0 Å². The molecule has 0 N–H and O–H groups in total. The third-order valence-electron chi connectivity index (χ3n) is 4.94. The molecule has 0 spiro atoms. The van der Waals surface area contributed by atoms with Crippen LogP contribution in [0.15, 0.2) is 18.2 Å². The average Bonchev–Trinajstić information content (AvgIpc) is 2.97. The first-order valence-electron chi connectivity index (χ1n) is 7.88. The number of nitrogens with zero attached hydrogens (tertiary/aromatic N) is 1. The van der Waals surface area contributed by atoms with Gasteiger partial charge in [-0.15, -0.1) is 0 Å². The molecule has 21 heavy (non-hydrogen) atoms. The average molecular weight is 293 g/mol. The molecule has 1 heterocycles. The molecular weight excluding hydrogens is 272 g/mol. The fourth-order valence-electron chi connectivity index (χ4n) is 3.92. The molecule has 2 aliphatic rings. The van der Waals surface area contributed by atoms with Gasteiger partial charge in [-0.1, -0.05) is 19.3 Å². The third-order valence-corrected chi connectivity index (χ3v) is 4.94. The Morgan fingerprint density at radius 3 is 2.05 bits per heavy atom. The zero-order valence-electron chi connectivity index (χ0n) is 12.2. The predicted octanol–water partition coefficient (Wildman–Crippen LogP) is 3.95. The van der Waals surface area contributed by atoms with Crippen LogP contribution >= 0.6 is 0 Å². The lowest BCUT2D eigenvalue weighted by molar-refractivity contribution is 0.0476. The molecule has 2 nitrogen and oxygen atoms in total. The van der Waals surface area contributed by atoms with E-state index in [2.05, 4.69) is 4.90 Å². The highest BCUT2D eigenvalue weighted by Crippen LogP contribution is 2.39. The predicted molar refractivity (Wildman–Crippen MR) is 77.3 cm³/mol. The van der Waals surface area contributed by atoms with Gasteiger partial charge in [0.25, 0.3) is 0 Å². The minimum Gasteiger partial charge on any atom is -0.292 e. The Hall–Kier alpha value is -1.29. The standard InChI is InChI=1S/C17H21F2NO/c18-14-10-13(11-15(19)12-14)16(21)17(6-2-3-7-17)20-8-4-1-5-9-20/h10-12H,1-9H2. The summed E-state index contributed by atoms with van der Waals surface area (Å²) in [6, 6.07) is 3.17. The van der Waals surface area contributed by atoms with Crippen LogP contribution in [0.3, 0.4) is 0 Å². The van der Waals surface area contributed by atoms with E-state index in [0.717, 1.165) is 57.7 Å². The van der Waals surface area contributed by atoms with Gasteiger partial charge in [-0.25, -0.2) is 8.78 Å². The van der Waals surface area contributed by atoms with Crippen LogP contribution in [-0.4, -0.2) is 29.3 Å². The maximum atomic E-state index is 13.4. The van der Waals surface area contributed by atoms with Crippen molar-refractivity contribution >= 4 is 5.78 Å². The van der Waals surface area contributed by atoms with Crippen LogP contribution in [0.4, 0.5) is 8.78 Å². The van der Waals surface area contributed by atoms with E-state index in [1.807, 2.05) is 0 Å². The normalized spacial score (nSPS) is 22.4. The van der Waals surface area contributed by atoms with Crippen LogP contribution in [0.2, 0.25) is 0 Å². The van der Waals surface area contributed by atoms with Crippen LogP contribution in [0.5, 0.6) is 0 Å². The van der Waals surface area contributed by atoms with Gasteiger partial charge in [-0.05, 0) is 50.9 Å². The van der Waals surface area contributed by atoms with Crippen LogP contribution in [0, 0.1) is 11.6 Å². The van der Waals surface area contributed by atoms with Gasteiger partial charge in [0.1, 0.15) is 11.6 Å². The lowest BCUT2D eigenvalue weighted by Crippen LogP contribution is -2.54. The van der Waals surface area contributed by atoms with Gasteiger partial charge in [0, 0.05) is 11.6 Å².